The van der Waals surface area contributed by atoms with Crippen LogP contribution in [0.2, 0.25) is 0 Å². The van der Waals surface area contributed by atoms with Gasteiger partial charge in [0.25, 0.3) is 10.0 Å². The zero-order chi connectivity index (χ0) is 20.3. The molecule has 0 radical (unpaired) electrons. The maximum atomic E-state index is 12.4. The maximum absolute atomic E-state index is 12.4. The molecular formula is C20H21N3O3S2. The molecule has 3 aromatic rings. The number of thiazole rings is 1. The van der Waals surface area contributed by atoms with Crippen LogP contribution >= 0.6 is 11.3 Å². The minimum atomic E-state index is -3.71. The topological polar surface area (TPSA) is 88.2 Å². The van der Waals surface area contributed by atoms with E-state index in [1.165, 1.54) is 0 Å². The zero-order valence-corrected chi connectivity index (χ0v) is 17.4. The van der Waals surface area contributed by atoms with Crippen molar-refractivity contribution in [3.05, 3.63) is 70.2 Å². The largest absolute Gasteiger partial charge is 0.326 e. The summed E-state index contributed by atoms with van der Waals surface area (Å²) in [5.41, 5.74) is 4.35. The van der Waals surface area contributed by atoms with Crippen LogP contribution < -0.4 is 10.0 Å². The molecule has 0 saturated heterocycles. The number of nitrogens with zero attached hydrogens (tertiary/aromatic N) is 1. The number of benzene rings is 2. The predicted molar refractivity (Wildman–Crippen MR) is 112 cm³/mol. The normalized spacial score (nSPS) is 11.2. The number of anilines is 2. The molecule has 2 aromatic carbocycles. The lowest BCUT2D eigenvalue weighted by atomic mass is 10.1. The third-order valence-electron chi connectivity index (χ3n) is 4.10. The van der Waals surface area contributed by atoms with Crippen LogP contribution in [0.25, 0.3) is 0 Å². The molecule has 2 N–H and O–H groups in total. The monoisotopic (exact) mass is 415 g/mol. The van der Waals surface area contributed by atoms with Gasteiger partial charge in [0.1, 0.15) is 0 Å². The molecule has 0 aliphatic rings. The molecule has 8 heteroatoms. The highest BCUT2D eigenvalue weighted by molar-refractivity contribution is 7.93. The van der Waals surface area contributed by atoms with Crippen LogP contribution in [0.4, 0.5) is 10.8 Å². The third kappa shape index (κ3) is 4.96. The van der Waals surface area contributed by atoms with E-state index in [9.17, 15) is 13.2 Å². The maximum Gasteiger partial charge on any atom is 0.263 e. The van der Waals surface area contributed by atoms with Crippen molar-refractivity contribution in [3.8, 4) is 0 Å². The number of carbonyl (C=O) groups is 1. The van der Waals surface area contributed by atoms with Crippen LogP contribution in [-0.4, -0.2) is 19.3 Å². The summed E-state index contributed by atoms with van der Waals surface area (Å²) in [5, 5.41) is 4.77. The molecule has 1 heterocycles. The molecule has 0 fully saturated rings. The summed E-state index contributed by atoms with van der Waals surface area (Å²) in [7, 11) is -3.71. The third-order valence-corrected chi connectivity index (χ3v) is 6.39. The van der Waals surface area contributed by atoms with Gasteiger partial charge in [0.2, 0.25) is 5.91 Å². The summed E-state index contributed by atoms with van der Waals surface area (Å²) in [6.07, 6.45) is 0.0656. The first-order valence-corrected chi connectivity index (χ1v) is 11.0. The minimum absolute atomic E-state index is 0.0656. The van der Waals surface area contributed by atoms with E-state index in [1.807, 2.05) is 39.0 Å². The summed E-state index contributed by atoms with van der Waals surface area (Å²) in [5.74, 6) is -0.204. The first-order chi connectivity index (χ1) is 13.2. The van der Waals surface area contributed by atoms with E-state index in [-0.39, 0.29) is 22.4 Å². The van der Waals surface area contributed by atoms with Crippen molar-refractivity contribution in [2.45, 2.75) is 32.1 Å². The Labute approximate surface area is 168 Å². The fourth-order valence-electron chi connectivity index (χ4n) is 2.64. The Kier molecular flexibility index (Phi) is 5.81. The van der Waals surface area contributed by atoms with Gasteiger partial charge in [0.15, 0.2) is 5.13 Å². The average molecular weight is 416 g/mol. The molecular weight excluding hydrogens is 394 g/mol. The highest BCUT2D eigenvalue weighted by atomic mass is 32.2. The molecule has 0 spiro atoms. The fraction of sp³-hybridized carbons (Fsp3) is 0.200. The fourth-order valence-corrected chi connectivity index (χ4v) is 4.60. The van der Waals surface area contributed by atoms with Crippen LogP contribution in [-0.2, 0) is 21.2 Å². The number of rotatable bonds is 6. The van der Waals surface area contributed by atoms with Crippen molar-refractivity contribution >= 4 is 38.1 Å². The Morgan fingerprint density at radius 2 is 1.71 bits per heavy atom. The van der Waals surface area contributed by atoms with Gasteiger partial charge in [0.05, 0.1) is 17.0 Å². The lowest BCUT2D eigenvalue weighted by Crippen LogP contribution is -2.16. The van der Waals surface area contributed by atoms with Gasteiger partial charge in [-0.05, 0) is 44.5 Å². The van der Waals surface area contributed by atoms with Gasteiger partial charge >= 0.3 is 0 Å². The van der Waals surface area contributed by atoms with Gasteiger partial charge in [-0.25, -0.2) is 13.4 Å². The number of nitrogens with one attached hydrogen (secondary N) is 2. The zero-order valence-electron chi connectivity index (χ0n) is 15.8. The smallest absolute Gasteiger partial charge is 0.263 e. The Morgan fingerprint density at radius 1 is 1.04 bits per heavy atom. The SMILES string of the molecule is Cc1ccc(S(=O)(=O)Nc2nc(CC(=O)Nc3ccc(C)cc3C)cs2)cc1. The summed E-state index contributed by atoms with van der Waals surface area (Å²) >= 11 is 1.15. The molecule has 0 bridgehead atoms. The highest BCUT2D eigenvalue weighted by Gasteiger charge is 2.17. The predicted octanol–water partition coefficient (Wildman–Crippen LogP) is 4.05. The van der Waals surface area contributed by atoms with Gasteiger partial charge in [-0.1, -0.05) is 35.4 Å². The van der Waals surface area contributed by atoms with Gasteiger partial charge in [-0.2, -0.15) is 0 Å². The molecule has 3 rings (SSSR count). The van der Waals surface area contributed by atoms with E-state index in [2.05, 4.69) is 15.0 Å². The Hall–Kier alpha value is -2.71. The summed E-state index contributed by atoms with van der Waals surface area (Å²) in [4.78, 5) is 16.7. The van der Waals surface area contributed by atoms with E-state index in [4.69, 9.17) is 0 Å². The van der Waals surface area contributed by atoms with Gasteiger partial charge in [0, 0.05) is 11.1 Å². The second kappa shape index (κ2) is 8.12. The Balaban J connectivity index is 1.65. The van der Waals surface area contributed by atoms with Crippen molar-refractivity contribution in [3.63, 3.8) is 0 Å². The van der Waals surface area contributed by atoms with E-state index in [0.717, 1.165) is 33.7 Å². The quantitative estimate of drug-likeness (QED) is 0.636. The number of hydrogen-bond donors (Lipinski definition) is 2. The summed E-state index contributed by atoms with van der Waals surface area (Å²) in [6, 6.07) is 12.4. The first kappa shape index (κ1) is 20.0. The van der Waals surface area contributed by atoms with Crippen molar-refractivity contribution in [2.24, 2.45) is 0 Å². The van der Waals surface area contributed by atoms with Crippen LogP contribution in [0.3, 0.4) is 0 Å². The second-order valence-electron chi connectivity index (χ2n) is 6.61. The van der Waals surface area contributed by atoms with Crippen LogP contribution in [0.5, 0.6) is 0 Å². The van der Waals surface area contributed by atoms with Crippen molar-refractivity contribution in [2.75, 3.05) is 10.0 Å². The molecule has 146 valence electrons. The molecule has 6 nitrogen and oxygen atoms in total. The lowest BCUT2D eigenvalue weighted by Gasteiger charge is -2.08. The second-order valence-corrected chi connectivity index (χ2v) is 9.15. The molecule has 1 aromatic heterocycles. The van der Waals surface area contributed by atoms with Crippen molar-refractivity contribution < 1.29 is 13.2 Å². The standard InChI is InChI=1S/C20H21N3O3S2/c1-13-4-7-17(8-5-13)28(25,26)23-20-21-16(12-27-20)11-19(24)22-18-9-6-14(2)10-15(18)3/h4-10,12H,11H2,1-3H3,(H,21,23)(H,22,24). The van der Waals surface area contributed by atoms with Crippen molar-refractivity contribution in [1.82, 2.24) is 4.98 Å². The van der Waals surface area contributed by atoms with Gasteiger partial charge < -0.3 is 5.32 Å². The Bertz CT molecular complexity index is 1100. The van der Waals surface area contributed by atoms with E-state index in [0.29, 0.717) is 5.69 Å². The van der Waals surface area contributed by atoms with Crippen molar-refractivity contribution in [1.29, 1.82) is 0 Å². The Morgan fingerprint density at radius 3 is 2.39 bits per heavy atom. The number of carbonyl (C=O) groups excluding carboxylic acids is 1. The highest BCUT2D eigenvalue weighted by Crippen LogP contribution is 2.21. The van der Waals surface area contributed by atoms with Gasteiger partial charge in [-0.15, -0.1) is 11.3 Å². The number of hydrogen-bond acceptors (Lipinski definition) is 5. The number of aryl methyl sites for hydroxylation is 3. The van der Waals surface area contributed by atoms with E-state index < -0.39 is 10.0 Å². The van der Waals surface area contributed by atoms with Crippen LogP contribution in [0.15, 0.2) is 52.7 Å². The molecule has 1 amide bonds. The number of amides is 1. The first-order valence-electron chi connectivity index (χ1n) is 8.64. The molecule has 0 aliphatic heterocycles. The minimum Gasteiger partial charge on any atom is -0.326 e. The van der Waals surface area contributed by atoms with E-state index >= 15 is 0 Å². The van der Waals surface area contributed by atoms with Crippen LogP contribution in [0, 0.1) is 20.8 Å². The van der Waals surface area contributed by atoms with Gasteiger partial charge in [-0.3, -0.25) is 9.52 Å². The molecule has 0 unspecified atom stereocenters. The summed E-state index contributed by atoms with van der Waals surface area (Å²) < 4.78 is 27.3. The van der Waals surface area contributed by atoms with Crippen LogP contribution in [0.1, 0.15) is 22.4 Å². The lowest BCUT2D eigenvalue weighted by molar-refractivity contribution is -0.115. The average Bonchev–Trinajstić information content (AvgIpc) is 3.04. The molecule has 0 atom stereocenters. The molecule has 28 heavy (non-hydrogen) atoms. The number of aromatic nitrogens is 1. The molecule has 0 saturated carbocycles. The summed E-state index contributed by atoms with van der Waals surface area (Å²) in [6.45, 7) is 5.82. The molecule has 0 aliphatic carbocycles. The van der Waals surface area contributed by atoms with E-state index in [1.54, 1.807) is 29.6 Å². The number of sulfonamides is 1.